The molecule has 1 unspecified atom stereocenters. The van der Waals surface area contributed by atoms with Gasteiger partial charge in [-0.1, -0.05) is 26.0 Å². The van der Waals surface area contributed by atoms with Crippen LogP contribution >= 0.6 is 0 Å². The van der Waals surface area contributed by atoms with Crippen LogP contribution in [0.1, 0.15) is 46.2 Å². The Morgan fingerprint density at radius 3 is 2.73 bits per heavy atom. The summed E-state index contributed by atoms with van der Waals surface area (Å²) < 4.78 is 25.0. The fourth-order valence-electron chi connectivity index (χ4n) is 4.28. The van der Waals surface area contributed by atoms with Crippen LogP contribution in [0.2, 0.25) is 0 Å². The Balaban J connectivity index is 1.92. The van der Waals surface area contributed by atoms with Gasteiger partial charge in [-0.25, -0.2) is 9.37 Å². The summed E-state index contributed by atoms with van der Waals surface area (Å²) >= 11 is 0. The highest BCUT2D eigenvalue weighted by atomic mass is 19.1. The van der Waals surface area contributed by atoms with Gasteiger partial charge in [0, 0.05) is 12.0 Å². The van der Waals surface area contributed by atoms with Crippen LogP contribution in [-0.4, -0.2) is 35.6 Å². The standard InChI is InChI=1S/C21H23FN6O2/c1-20(2,3)16-11-24-25-28(16)18-17-19(29)27(21(4)8-5-9-30-21)15-10-13(22)6-7-14(15)26(17)12-23-18/h6-7,10-12H,5,8-9H2,1-4H3. The van der Waals surface area contributed by atoms with E-state index in [1.165, 1.54) is 12.1 Å². The minimum atomic E-state index is -0.859. The molecule has 8 nitrogen and oxygen atoms in total. The lowest BCUT2D eigenvalue weighted by molar-refractivity contribution is -0.0448. The van der Waals surface area contributed by atoms with E-state index < -0.39 is 11.5 Å². The predicted molar refractivity (Wildman–Crippen MR) is 109 cm³/mol. The first-order valence-electron chi connectivity index (χ1n) is 9.98. The molecule has 156 valence electrons. The van der Waals surface area contributed by atoms with Gasteiger partial charge in [-0.2, -0.15) is 4.68 Å². The second kappa shape index (κ2) is 6.21. The van der Waals surface area contributed by atoms with Crippen molar-refractivity contribution in [1.29, 1.82) is 0 Å². The van der Waals surface area contributed by atoms with Gasteiger partial charge < -0.3 is 4.74 Å². The third kappa shape index (κ3) is 2.61. The van der Waals surface area contributed by atoms with E-state index in [-0.39, 0.29) is 11.0 Å². The van der Waals surface area contributed by atoms with Gasteiger partial charge in [0.1, 0.15) is 17.9 Å². The van der Waals surface area contributed by atoms with E-state index in [4.69, 9.17) is 4.74 Å². The SMILES string of the molecule is CC(C)(C)c1cnnn1-c1ncn2c1c(=O)n(C1(C)CCCO1)c1cc(F)ccc12. The molecule has 0 radical (unpaired) electrons. The highest BCUT2D eigenvalue weighted by Gasteiger charge is 2.36. The van der Waals surface area contributed by atoms with Gasteiger partial charge in [0.15, 0.2) is 11.3 Å². The Morgan fingerprint density at radius 1 is 1.23 bits per heavy atom. The summed E-state index contributed by atoms with van der Waals surface area (Å²) in [5.74, 6) is -0.0211. The summed E-state index contributed by atoms with van der Waals surface area (Å²) in [6.07, 6.45) is 4.74. The minimum Gasteiger partial charge on any atom is -0.355 e. The first kappa shape index (κ1) is 18.9. The lowest BCUT2D eigenvalue weighted by atomic mass is 9.93. The molecule has 0 bridgehead atoms. The van der Waals surface area contributed by atoms with E-state index in [0.717, 1.165) is 12.1 Å². The maximum atomic E-state index is 14.2. The van der Waals surface area contributed by atoms with Crippen LogP contribution < -0.4 is 5.56 Å². The number of nitrogens with zero attached hydrogens (tertiary/aromatic N) is 6. The third-order valence-corrected chi connectivity index (χ3v) is 5.78. The van der Waals surface area contributed by atoms with Crippen molar-refractivity contribution in [3.8, 4) is 5.82 Å². The number of hydrogen-bond donors (Lipinski definition) is 0. The van der Waals surface area contributed by atoms with Gasteiger partial charge in [-0.05, 0) is 38.0 Å². The maximum absolute atomic E-state index is 14.2. The van der Waals surface area contributed by atoms with Crippen LogP contribution in [-0.2, 0) is 15.9 Å². The Hall–Kier alpha value is -3.07. The molecular formula is C21H23FN6O2. The fourth-order valence-corrected chi connectivity index (χ4v) is 4.28. The second-order valence-corrected chi connectivity index (χ2v) is 8.97. The summed E-state index contributed by atoms with van der Waals surface area (Å²) in [4.78, 5) is 18.3. The van der Waals surface area contributed by atoms with Gasteiger partial charge in [0.05, 0.1) is 22.9 Å². The summed E-state index contributed by atoms with van der Waals surface area (Å²) in [5.41, 5.74) is 0.897. The van der Waals surface area contributed by atoms with E-state index in [1.54, 1.807) is 32.2 Å². The highest BCUT2D eigenvalue weighted by Crippen LogP contribution is 2.33. The van der Waals surface area contributed by atoms with Crippen LogP contribution in [0.3, 0.4) is 0 Å². The maximum Gasteiger partial charge on any atom is 0.281 e. The Kier molecular flexibility index (Phi) is 3.92. The molecule has 4 heterocycles. The number of fused-ring (bicyclic) bond motifs is 3. The normalized spacial score (nSPS) is 19.9. The lowest BCUT2D eigenvalue weighted by Gasteiger charge is -2.28. The number of aromatic nitrogens is 6. The van der Waals surface area contributed by atoms with Gasteiger partial charge in [-0.3, -0.25) is 13.8 Å². The summed E-state index contributed by atoms with van der Waals surface area (Å²) in [7, 11) is 0. The quantitative estimate of drug-likeness (QED) is 0.507. The van der Waals surface area contributed by atoms with Crippen molar-refractivity contribution in [2.75, 3.05) is 6.61 Å². The molecule has 0 aliphatic carbocycles. The average Bonchev–Trinajstić information content (AvgIpc) is 3.39. The van der Waals surface area contributed by atoms with Crippen molar-refractivity contribution in [3.05, 3.63) is 52.6 Å². The monoisotopic (exact) mass is 410 g/mol. The lowest BCUT2D eigenvalue weighted by Crippen LogP contribution is -2.39. The van der Waals surface area contributed by atoms with Crippen LogP contribution in [0.15, 0.2) is 35.5 Å². The molecule has 30 heavy (non-hydrogen) atoms. The zero-order valence-corrected chi connectivity index (χ0v) is 17.4. The molecule has 3 aromatic heterocycles. The molecule has 4 aromatic rings. The molecule has 1 aliphatic heterocycles. The van der Waals surface area contributed by atoms with Crippen molar-refractivity contribution in [3.63, 3.8) is 0 Å². The van der Waals surface area contributed by atoms with Gasteiger partial charge in [0.2, 0.25) is 0 Å². The van der Waals surface area contributed by atoms with Crippen LogP contribution in [0.25, 0.3) is 22.4 Å². The zero-order chi connectivity index (χ0) is 21.3. The number of benzene rings is 1. The number of rotatable bonds is 2. The van der Waals surface area contributed by atoms with E-state index in [1.807, 2.05) is 27.7 Å². The largest absolute Gasteiger partial charge is 0.355 e. The molecule has 1 saturated heterocycles. The topological polar surface area (TPSA) is 79.2 Å². The molecule has 0 amide bonds. The van der Waals surface area contributed by atoms with Gasteiger partial charge in [0.25, 0.3) is 5.56 Å². The van der Waals surface area contributed by atoms with E-state index in [9.17, 15) is 9.18 Å². The fraction of sp³-hybridized carbons (Fsp3) is 0.429. The molecule has 1 atom stereocenters. The third-order valence-electron chi connectivity index (χ3n) is 5.78. The number of imidazole rings is 1. The van der Waals surface area contributed by atoms with Gasteiger partial charge in [-0.15, -0.1) is 5.10 Å². The van der Waals surface area contributed by atoms with Crippen molar-refractivity contribution in [1.82, 2.24) is 28.9 Å². The molecule has 1 fully saturated rings. The number of hydrogen-bond acceptors (Lipinski definition) is 5. The van der Waals surface area contributed by atoms with E-state index in [2.05, 4.69) is 15.3 Å². The molecule has 0 saturated carbocycles. The first-order chi connectivity index (χ1) is 14.2. The summed E-state index contributed by atoms with van der Waals surface area (Å²) in [5, 5.41) is 8.26. The highest BCUT2D eigenvalue weighted by molar-refractivity contribution is 5.81. The number of ether oxygens (including phenoxy) is 1. The molecule has 9 heteroatoms. The zero-order valence-electron chi connectivity index (χ0n) is 17.4. The van der Waals surface area contributed by atoms with Crippen molar-refractivity contribution in [2.24, 2.45) is 0 Å². The van der Waals surface area contributed by atoms with Crippen LogP contribution in [0.5, 0.6) is 0 Å². The second-order valence-electron chi connectivity index (χ2n) is 8.97. The van der Waals surface area contributed by atoms with Crippen molar-refractivity contribution >= 4 is 16.6 Å². The molecular weight excluding hydrogens is 387 g/mol. The van der Waals surface area contributed by atoms with Gasteiger partial charge >= 0.3 is 0 Å². The number of halogens is 1. The molecule has 1 aromatic carbocycles. The van der Waals surface area contributed by atoms with Crippen LogP contribution in [0, 0.1) is 5.82 Å². The average molecular weight is 410 g/mol. The van der Waals surface area contributed by atoms with Crippen molar-refractivity contribution in [2.45, 2.75) is 51.7 Å². The minimum absolute atomic E-state index is 0.251. The Bertz CT molecular complexity index is 1340. The summed E-state index contributed by atoms with van der Waals surface area (Å²) in [6, 6.07) is 4.41. The summed E-state index contributed by atoms with van der Waals surface area (Å²) in [6.45, 7) is 8.56. The Morgan fingerprint density at radius 2 is 2.03 bits per heavy atom. The molecule has 0 N–H and O–H groups in total. The first-order valence-corrected chi connectivity index (χ1v) is 9.98. The van der Waals surface area contributed by atoms with E-state index >= 15 is 0 Å². The van der Waals surface area contributed by atoms with Crippen LogP contribution in [0.4, 0.5) is 4.39 Å². The predicted octanol–water partition coefficient (Wildman–Crippen LogP) is 3.15. The molecule has 1 aliphatic rings. The van der Waals surface area contributed by atoms with Crippen molar-refractivity contribution < 1.29 is 9.13 Å². The molecule has 5 rings (SSSR count). The van der Waals surface area contributed by atoms with E-state index in [0.29, 0.717) is 35.4 Å². The Labute approximate surface area is 171 Å². The smallest absolute Gasteiger partial charge is 0.281 e. The molecule has 0 spiro atoms.